The molecule has 3 N–H and O–H groups in total. The van der Waals surface area contributed by atoms with E-state index in [-0.39, 0.29) is 17.1 Å². The summed E-state index contributed by atoms with van der Waals surface area (Å²) in [6.45, 7) is 3.98. The van der Waals surface area contributed by atoms with Crippen LogP contribution >= 0.6 is 11.6 Å². The zero-order valence-electron chi connectivity index (χ0n) is 21.4. The number of benzene rings is 2. The maximum absolute atomic E-state index is 15.1. The molecule has 1 aliphatic rings. The van der Waals surface area contributed by atoms with Gasteiger partial charge in [0.05, 0.1) is 10.7 Å². The Labute approximate surface area is 230 Å². The number of anilines is 2. The zero-order valence-corrected chi connectivity index (χ0v) is 22.2. The molecule has 0 spiro atoms. The van der Waals surface area contributed by atoms with Gasteiger partial charge in [0.1, 0.15) is 17.2 Å². The number of nitrogens with two attached hydrogens (primary N) is 1. The molecular weight excluding hydrogens is 519 g/mol. The molecule has 2 aromatic heterocycles. The van der Waals surface area contributed by atoms with Crippen LogP contribution in [0.1, 0.15) is 28.8 Å². The van der Waals surface area contributed by atoms with Crippen LogP contribution in [0.2, 0.25) is 5.02 Å². The van der Waals surface area contributed by atoms with Gasteiger partial charge in [-0.25, -0.2) is 9.37 Å². The van der Waals surface area contributed by atoms with Gasteiger partial charge in [0.2, 0.25) is 5.43 Å². The second-order valence-electron chi connectivity index (χ2n) is 9.74. The summed E-state index contributed by atoms with van der Waals surface area (Å²) in [6.07, 6.45) is 6.60. The number of aryl methyl sites for hydroxylation is 1. The molecule has 7 nitrogen and oxygen atoms in total. The Morgan fingerprint density at radius 1 is 1.13 bits per heavy atom. The van der Waals surface area contributed by atoms with Crippen LogP contribution in [-0.4, -0.2) is 28.7 Å². The number of ether oxygens (including phenoxy) is 1. The maximum atomic E-state index is 15.1. The third-order valence-electron chi connectivity index (χ3n) is 6.93. The van der Waals surface area contributed by atoms with Crippen LogP contribution in [-0.2, 0) is 11.3 Å². The van der Waals surface area contributed by atoms with Crippen molar-refractivity contribution in [3.8, 4) is 22.3 Å². The number of nitrogens with one attached hydrogen (secondary N) is 1. The first-order valence-electron chi connectivity index (χ1n) is 12.7. The van der Waals surface area contributed by atoms with Crippen LogP contribution in [0.15, 0.2) is 71.9 Å². The lowest BCUT2D eigenvalue weighted by atomic mass is 9.99. The molecule has 2 aromatic carbocycles. The Kier molecular flexibility index (Phi) is 7.77. The van der Waals surface area contributed by atoms with Crippen LogP contribution in [0.4, 0.5) is 15.9 Å². The highest BCUT2D eigenvalue weighted by molar-refractivity contribution is 6.33. The fraction of sp³-hybridized carbons (Fsp3) is 0.233. The summed E-state index contributed by atoms with van der Waals surface area (Å²) in [5.41, 5.74) is 8.37. The van der Waals surface area contributed by atoms with E-state index in [0.717, 1.165) is 18.4 Å². The number of nitrogen functional groups attached to an aromatic ring is 1. The van der Waals surface area contributed by atoms with E-state index < -0.39 is 17.2 Å². The summed E-state index contributed by atoms with van der Waals surface area (Å²) in [4.78, 5) is 30.9. The van der Waals surface area contributed by atoms with Crippen molar-refractivity contribution in [2.75, 3.05) is 24.3 Å². The van der Waals surface area contributed by atoms with Crippen molar-refractivity contribution in [1.82, 2.24) is 9.55 Å². The molecule has 1 amide bonds. The first kappa shape index (κ1) is 26.6. The second kappa shape index (κ2) is 11.4. The van der Waals surface area contributed by atoms with Gasteiger partial charge in [0, 0.05) is 49.5 Å². The molecule has 39 heavy (non-hydrogen) atoms. The van der Waals surface area contributed by atoms with E-state index in [0.29, 0.717) is 53.0 Å². The highest BCUT2D eigenvalue weighted by atomic mass is 35.5. The average Bonchev–Trinajstić information content (AvgIpc) is 2.92. The average molecular weight is 547 g/mol. The van der Waals surface area contributed by atoms with Crippen LogP contribution < -0.4 is 16.5 Å². The molecule has 9 heteroatoms. The number of carbonyl (C=O) groups is 1. The summed E-state index contributed by atoms with van der Waals surface area (Å²) in [6, 6.07) is 13.3. The Morgan fingerprint density at radius 3 is 2.54 bits per heavy atom. The largest absolute Gasteiger partial charge is 0.383 e. The van der Waals surface area contributed by atoms with Crippen molar-refractivity contribution in [2.45, 2.75) is 26.3 Å². The van der Waals surface area contributed by atoms with E-state index in [9.17, 15) is 9.59 Å². The fourth-order valence-electron chi connectivity index (χ4n) is 4.76. The second-order valence-corrected chi connectivity index (χ2v) is 10.1. The minimum absolute atomic E-state index is 0.0665. The third-order valence-corrected chi connectivity index (χ3v) is 7.25. The van der Waals surface area contributed by atoms with E-state index in [1.54, 1.807) is 24.5 Å². The smallest absolute Gasteiger partial charge is 0.261 e. The minimum Gasteiger partial charge on any atom is -0.383 e. The third kappa shape index (κ3) is 5.87. The number of hydrogen-bond acceptors (Lipinski definition) is 5. The summed E-state index contributed by atoms with van der Waals surface area (Å²) in [5.74, 6) is -0.867. The lowest BCUT2D eigenvalue weighted by Crippen LogP contribution is -2.27. The van der Waals surface area contributed by atoms with Crippen LogP contribution in [0.25, 0.3) is 22.3 Å². The molecule has 1 aliphatic heterocycles. The Bertz CT molecular complexity index is 1560. The molecule has 0 bridgehead atoms. The van der Waals surface area contributed by atoms with Gasteiger partial charge in [-0.2, -0.15) is 0 Å². The summed E-state index contributed by atoms with van der Waals surface area (Å²) < 4.78 is 22.5. The van der Waals surface area contributed by atoms with Crippen molar-refractivity contribution in [2.24, 2.45) is 5.92 Å². The van der Waals surface area contributed by atoms with Gasteiger partial charge in [0.25, 0.3) is 5.91 Å². The standard InChI is InChI=1S/C30H28ClFN4O3/c1-18-2-4-20(5-3-18)22-16-36(15-19-9-12-39-13-10-19)17-23(28(22)37)30(38)35-26-7-6-21(14-25(26)32)27-24(31)8-11-34-29(27)33/h2-8,11,14,16-17,19H,9-10,12-13,15H2,1H3,(H2,33,34)(H,35,38). The highest BCUT2D eigenvalue weighted by Gasteiger charge is 2.21. The molecule has 1 saturated heterocycles. The van der Waals surface area contributed by atoms with Gasteiger partial charge in [-0.1, -0.05) is 47.5 Å². The quantitative estimate of drug-likeness (QED) is 0.312. The molecular formula is C30H28ClFN4O3. The molecule has 5 rings (SSSR count). The molecule has 0 atom stereocenters. The van der Waals surface area contributed by atoms with Crippen LogP contribution in [0.5, 0.6) is 0 Å². The number of nitrogens with zero attached hydrogens (tertiary/aromatic N) is 2. The van der Waals surface area contributed by atoms with Crippen molar-refractivity contribution in [3.63, 3.8) is 0 Å². The number of carbonyl (C=O) groups excluding carboxylic acids is 1. The van der Waals surface area contributed by atoms with Crippen molar-refractivity contribution >= 4 is 29.0 Å². The van der Waals surface area contributed by atoms with E-state index in [1.807, 2.05) is 35.8 Å². The minimum atomic E-state index is -0.697. The van der Waals surface area contributed by atoms with E-state index >= 15 is 4.39 Å². The number of rotatable bonds is 6. The van der Waals surface area contributed by atoms with Gasteiger partial charge in [-0.3, -0.25) is 9.59 Å². The first-order valence-corrected chi connectivity index (χ1v) is 13.1. The molecule has 200 valence electrons. The predicted molar refractivity (Wildman–Crippen MR) is 151 cm³/mol. The molecule has 1 fully saturated rings. The fourth-order valence-corrected chi connectivity index (χ4v) is 5.03. The summed E-state index contributed by atoms with van der Waals surface area (Å²) in [7, 11) is 0. The number of hydrogen-bond donors (Lipinski definition) is 2. The predicted octanol–water partition coefficient (Wildman–Crippen LogP) is 5.94. The van der Waals surface area contributed by atoms with Crippen molar-refractivity contribution in [1.29, 1.82) is 0 Å². The monoisotopic (exact) mass is 546 g/mol. The van der Waals surface area contributed by atoms with Gasteiger partial charge < -0.3 is 20.4 Å². The number of amides is 1. The lowest BCUT2D eigenvalue weighted by Gasteiger charge is -2.23. The molecule has 0 aliphatic carbocycles. The molecule has 3 heterocycles. The topological polar surface area (TPSA) is 99.2 Å². The van der Waals surface area contributed by atoms with Crippen molar-refractivity contribution in [3.05, 3.63) is 99.3 Å². The summed E-state index contributed by atoms with van der Waals surface area (Å²) in [5, 5.41) is 2.90. The van der Waals surface area contributed by atoms with E-state index in [1.165, 1.54) is 18.3 Å². The zero-order chi connectivity index (χ0) is 27.5. The van der Waals surface area contributed by atoms with E-state index in [4.69, 9.17) is 22.1 Å². The van der Waals surface area contributed by atoms with Gasteiger partial charge in [0.15, 0.2) is 0 Å². The Hall–Kier alpha value is -4.01. The number of aromatic nitrogens is 2. The van der Waals surface area contributed by atoms with Gasteiger partial charge >= 0.3 is 0 Å². The van der Waals surface area contributed by atoms with Crippen molar-refractivity contribution < 1.29 is 13.9 Å². The van der Waals surface area contributed by atoms with Gasteiger partial charge in [-0.05, 0) is 55.0 Å². The number of halogens is 2. The van der Waals surface area contributed by atoms with Crippen LogP contribution in [0.3, 0.4) is 0 Å². The molecule has 4 aromatic rings. The SMILES string of the molecule is Cc1ccc(-c2cn(CC3CCOCC3)cc(C(=O)Nc3ccc(-c4c(Cl)ccnc4N)cc3F)c2=O)cc1. The maximum Gasteiger partial charge on any atom is 0.261 e. The lowest BCUT2D eigenvalue weighted by molar-refractivity contribution is 0.0612. The van der Waals surface area contributed by atoms with Gasteiger partial charge in [-0.15, -0.1) is 0 Å². The summed E-state index contributed by atoms with van der Waals surface area (Å²) >= 11 is 6.24. The first-order chi connectivity index (χ1) is 18.8. The number of pyridine rings is 2. The molecule has 0 unspecified atom stereocenters. The van der Waals surface area contributed by atoms with Crippen LogP contribution in [0, 0.1) is 18.7 Å². The molecule has 0 saturated carbocycles. The Morgan fingerprint density at radius 2 is 1.85 bits per heavy atom. The normalized spacial score (nSPS) is 13.8. The Balaban J connectivity index is 1.48. The molecule has 0 radical (unpaired) electrons. The highest BCUT2D eigenvalue weighted by Crippen LogP contribution is 2.33. The van der Waals surface area contributed by atoms with E-state index in [2.05, 4.69) is 10.3 Å².